The van der Waals surface area contributed by atoms with Crippen LogP contribution in [0.5, 0.6) is 0 Å². The molecule has 0 aromatic heterocycles. The predicted octanol–water partition coefficient (Wildman–Crippen LogP) is 5.50. The third-order valence-electron chi connectivity index (χ3n) is 15.8. The van der Waals surface area contributed by atoms with Crippen molar-refractivity contribution in [3.8, 4) is 0 Å². The van der Waals surface area contributed by atoms with Crippen LogP contribution in [0.2, 0.25) is 25.2 Å². The molecule has 5 heterocycles. The van der Waals surface area contributed by atoms with Gasteiger partial charge in [-0.1, -0.05) is 249 Å². The number of epoxide rings is 1. The van der Waals surface area contributed by atoms with Gasteiger partial charge >= 0.3 is 88.0 Å². The van der Waals surface area contributed by atoms with Crippen LogP contribution in [0.15, 0.2) is 255 Å². The molecule has 0 radical (unpaired) electrons. The molecule has 17 nitrogen and oxygen atoms in total. The molecule has 0 aliphatic carbocycles. The number of rotatable bonds is 21. The van der Waals surface area contributed by atoms with E-state index in [4.69, 9.17) is 72.1 Å². The molecule has 466 valence electrons. The van der Waals surface area contributed by atoms with Crippen molar-refractivity contribution in [2.75, 3.05) is 40.1 Å². The molecule has 8 aromatic carbocycles. The van der Waals surface area contributed by atoms with Gasteiger partial charge in [0.1, 0.15) is 6.10 Å². The van der Waals surface area contributed by atoms with Crippen LogP contribution in [0.25, 0.3) is 0 Å². The quantitative estimate of drug-likeness (QED) is 0.0384. The third-order valence-corrected chi connectivity index (χ3v) is 57.5. The molecule has 5 fully saturated rings. The van der Waals surface area contributed by atoms with Crippen molar-refractivity contribution in [1.29, 1.82) is 0 Å². The Bertz CT molecular complexity index is 3650. The molecular weight excluding hydrogens is 1310 g/mol. The van der Waals surface area contributed by atoms with E-state index >= 15 is 0 Å². The zero-order chi connectivity index (χ0) is 61.6. The molecule has 0 spiro atoms. The summed E-state index contributed by atoms with van der Waals surface area (Å²) in [5, 5.41) is 4.53. The Kier molecular flexibility index (Phi) is 19.2. The molecule has 13 rings (SSSR count). The molecule has 27 heteroatoms. The molecule has 5 saturated heterocycles. The van der Waals surface area contributed by atoms with Gasteiger partial charge in [-0.3, -0.25) is 0 Å². The van der Waals surface area contributed by atoms with Gasteiger partial charge in [-0.05, 0) is 43.2 Å². The Morgan fingerprint density at radius 3 is 1.10 bits per heavy atom. The Morgan fingerprint density at radius 1 is 0.400 bits per heavy atom. The number of fused-ring (bicyclic) bond motifs is 6. The van der Waals surface area contributed by atoms with E-state index in [9.17, 15) is 0 Å². The fourth-order valence-electron chi connectivity index (χ4n) is 11.5. The lowest BCUT2D eigenvalue weighted by atomic mass is 10.4. The first-order chi connectivity index (χ1) is 43.9. The summed E-state index contributed by atoms with van der Waals surface area (Å²) in [6.07, 6.45) is 2.73. The normalized spacial score (nSPS) is 32.4. The summed E-state index contributed by atoms with van der Waals surface area (Å²) in [5.41, 5.74) is 0. The molecule has 11 atom stereocenters. The maximum absolute atomic E-state index is 8.64. The molecule has 5 aliphatic heterocycles. The summed E-state index contributed by atoms with van der Waals surface area (Å²) in [6.45, 7) is 10.1. The van der Waals surface area contributed by atoms with Gasteiger partial charge in [0, 0.05) is 56.6 Å². The van der Waals surface area contributed by atoms with Crippen LogP contribution in [0.1, 0.15) is 12.8 Å². The van der Waals surface area contributed by atoms with E-state index in [1.165, 1.54) is 0 Å². The summed E-state index contributed by atoms with van der Waals surface area (Å²) in [6, 6.07) is 78.8. The van der Waals surface area contributed by atoms with E-state index in [0.29, 0.717) is 99.5 Å². The minimum atomic E-state index is -5.26. The van der Waals surface area contributed by atoms with Gasteiger partial charge in [-0.15, -0.1) is 6.58 Å². The zero-order valence-corrected chi connectivity index (χ0v) is 60.5. The van der Waals surface area contributed by atoms with Crippen LogP contribution in [0.4, 0.5) is 0 Å². The van der Waals surface area contributed by atoms with Crippen molar-refractivity contribution >= 4 is 130 Å². The lowest BCUT2D eigenvalue weighted by Crippen LogP contribution is -2.89. The summed E-state index contributed by atoms with van der Waals surface area (Å²) in [7, 11) is -45.6. The highest BCUT2D eigenvalue weighted by Crippen LogP contribution is 2.45. The first-order valence-electron chi connectivity index (χ1n) is 30.3. The zero-order valence-electron chi connectivity index (χ0n) is 50.3. The average molecular weight is 1380 g/mol. The van der Waals surface area contributed by atoms with Gasteiger partial charge in [-0.25, -0.2) is 0 Å². The van der Waals surface area contributed by atoms with E-state index in [0.717, 1.165) is 0 Å². The smallest absolute Gasteiger partial charge is 0.391 e. The van der Waals surface area contributed by atoms with Gasteiger partial charge in [0.15, 0.2) is 0 Å². The second-order valence-corrected chi connectivity index (χ2v) is 52.6. The maximum Gasteiger partial charge on any atom is 0.520 e. The highest BCUT2D eigenvalue weighted by molar-refractivity contribution is 7.10. The molecule has 0 N–H and O–H groups in total. The van der Waals surface area contributed by atoms with Crippen molar-refractivity contribution in [2.45, 2.75) is 44.1 Å². The Labute approximate surface area is 537 Å². The molecule has 6 bridgehead atoms. The fourth-order valence-corrected chi connectivity index (χ4v) is 64.6. The van der Waals surface area contributed by atoms with Crippen LogP contribution < -0.4 is 41.5 Å². The lowest BCUT2D eigenvalue weighted by Gasteiger charge is -2.58. The van der Waals surface area contributed by atoms with Crippen LogP contribution >= 0.6 is 0 Å². The standard InChI is InChI=1S/C63H72O17Si10/c1-5-48-65-49-30-51-83(4)71-85(58-36-18-8-19-37-58)68-81(56-32-14-6-15-33-56)69-86(59-38-20-9-21-39-59)76-87(60-40-22-10-23-41-60)72-82(3,52-31-50-66-53-55-54-67-55)70-84(64-2,57-34-16-7-17-35-57)74-89(75-85,62-44-26-12-27-45-62)80-90(78-87,63-46-28-13-29-47-63)79-88(73-83,77-86)61-42-24-11-25-43-61/h5-29,32-47,55,81H,1,30-31,48-54H2,2-4H3. The molecule has 8 aromatic rings. The van der Waals surface area contributed by atoms with E-state index < -0.39 is 88.0 Å². The van der Waals surface area contributed by atoms with Crippen molar-refractivity contribution in [3.05, 3.63) is 255 Å². The monoisotopic (exact) mass is 1380 g/mol. The van der Waals surface area contributed by atoms with Crippen molar-refractivity contribution in [2.24, 2.45) is 0 Å². The van der Waals surface area contributed by atoms with Gasteiger partial charge in [-0.2, -0.15) is 0 Å². The average Bonchev–Trinajstić information content (AvgIpc) is 0.772. The van der Waals surface area contributed by atoms with Crippen LogP contribution in [-0.4, -0.2) is 134 Å². The van der Waals surface area contributed by atoms with Crippen LogP contribution in [0, 0.1) is 0 Å². The van der Waals surface area contributed by atoms with E-state index in [1.54, 1.807) is 13.2 Å². The van der Waals surface area contributed by atoms with Gasteiger partial charge in [0.2, 0.25) is 0 Å². The molecule has 5 aliphatic rings. The highest BCUT2D eigenvalue weighted by atomic mass is 28.6. The summed E-state index contributed by atoms with van der Waals surface area (Å²) in [5.74, 6) is 0. The van der Waals surface area contributed by atoms with Crippen LogP contribution in [0.3, 0.4) is 0 Å². The first-order valence-corrected chi connectivity index (χ1v) is 49.0. The molecular formula is C63H72O17Si10. The summed E-state index contributed by atoms with van der Waals surface area (Å²) in [4.78, 5) is 0. The van der Waals surface area contributed by atoms with Crippen molar-refractivity contribution < 1.29 is 72.1 Å². The minimum absolute atomic E-state index is 0.0494. The van der Waals surface area contributed by atoms with E-state index in [-0.39, 0.29) is 6.10 Å². The Hall–Kier alpha value is -5.01. The Balaban J connectivity index is 1.24. The molecule has 90 heavy (non-hydrogen) atoms. The van der Waals surface area contributed by atoms with Crippen LogP contribution in [-0.2, 0) is 72.1 Å². The second kappa shape index (κ2) is 27.1. The largest absolute Gasteiger partial charge is 0.520 e. The maximum atomic E-state index is 8.64. The fraction of sp³-hybridized carbons (Fsp3) is 0.206. The summed E-state index contributed by atoms with van der Waals surface area (Å²) < 4.78 is 135. The first kappa shape index (κ1) is 63.7. The number of benzene rings is 8. The van der Waals surface area contributed by atoms with Gasteiger partial charge < -0.3 is 72.1 Å². The molecule has 11 unspecified atom stereocenters. The van der Waals surface area contributed by atoms with Crippen molar-refractivity contribution in [1.82, 2.24) is 0 Å². The van der Waals surface area contributed by atoms with Crippen molar-refractivity contribution in [3.63, 3.8) is 0 Å². The third kappa shape index (κ3) is 13.4. The van der Waals surface area contributed by atoms with E-state index in [1.807, 2.05) is 256 Å². The lowest BCUT2D eigenvalue weighted by molar-refractivity contribution is 0.0503. The number of hydrogen-bond donors (Lipinski definition) is 0. The van der Waals surface area contributed by atoms with Gasteiger partial charge in [0.25, 0.3) is 0 Å². The molecule has 0 saturated carbocycles. The number of ether oxygens (including phenoxy) is 3. The topological polar surface area (TPSA) is 160 Å². The highest BCUT2D eigenvalue weighted by Gasteiger charge is 2.79. The summed E-state index contributed by atoms with van der Waals surface area (Å²) >= 11 is 0. The second-order valence-electron chi connectivity index (χ2n) is 22.6. The SMILES string of the molecule is C=CCOCCC[Si]1(C)O[Si]2(c3ccccc3)O[SiH](c3ccccc3)O[Si]3(c4ccccc4)O[Si]4(c5ccccc5)O[Si](C)(CCCOCC5CO5)O[Si](OC)(c5ccccc5)O[Si](c5ccccc5)(O2)O[Si](c2ccccc2)(O4)O[Si](c2ccccc2)(O1)O3. The molecule has 0 amide bonds. The van der Waals surface area contributed by atoms with E-state index in [2.05, 4.69) is 6.58 Å². The Morgan fingerprint density at radius 2 is 0.711 bits per heavy atom. The minimum Gasteiger partial charge on any atom is -0.391 e. The van der Waals surface area contributed by atoms with Gasteiger partial charge in [0.05, 0.1) is 19.8 Å². The number of hydrogen-bond acceptors (Lipinski definition) is 17. The predicted molar refractivity (Wildman–Crippen MR) is 361 cm³/mol.